The molecular weight excluding hydrogens is 240 g/mol. The van der Waals surface area contributed by atoms with Crippen molar-refractivity contribution in [3.05, 3.63) is 12.2 Å². The number of hydrogen-bond acceptors (Lipinski definition) is 2. The summed E-state index contributed by atoms with van der Waals surface area (Å²) < 4.78 is 6.16. The molecule has 0 aliphatic rings. The van der Waals surface area contributed by atoms with E-state index in [1.54, 1.807) is 0 Å². The zero-order chi connectivity index (χ0) is 14.4. The van der Waals surface area contributed by atoms with Crippen LogP contribution in [0.15, 0.2) is 12.2 Å². The van der Waals surface area contributed by atoms with Crippen molar-refractivity contribution in [1.29, 1.82) is 0 Å². The summed E-state index contributed by atoms with van der Waals surface area (Å²) in [5.74, 6) is 0. The smallest absolute Gasteiger partial charge is 0.192 e. The van der Waals surface area contributed by atoms with Gasteiger partial charge >= 0.3 is 0 Å². The van der Waals surface area contributed by atoms with E-state index in [0.29, 0.717) is 0 Å². The van der Waals surface area contributed by atoms with Crippen LogP contribution in [0, 0.1) is 0 Å². The first-order valence-electron chi connectivity index (χ1n) is 7.14. The minimum Gasteiger partial charge on any atom is -0.411 e. The lowest BCUT2D eigenvalue weighted by Gasteiger charge is -2.39. The van der Waals surface area contributed by atoms with Crippen LogP contribution in [-0.4, -0.2) is 25.6 Å². The molecule has 0 aliphatic heterocycles. The average molecular weight is 273 g/mol. The van der Waals surface area contributed by atoms with Crippen molar-refractivity contribution in [2.45, 2.75) is 84.2 Å². The van der Waals surface area contributed by atoms with Crippen LogP contribution >= 0.6 is 0 Å². The molecule has 0 rings (SSSR count). The minimum absolute atomic E-state index is 0.122. The first-order chi connectivity index (χ1) is 8.12. The van der Waals surface area contributed by atoms with Gasteiger partial charge in [-0.3, -0.25) is 0 Å². The number of hydrogen-bond donors (Lipinski definition) is 1. The Morgan fingerprint density at radius 2 is 1.83 bits per heavy atom. The largest absolute Gasteiger partial charge is 0.411 e. The molecule has 0 aliphatic carbocycles. The van der Waals surface area contributed by atoms with Gasteiger partial charge in [-0.25, -0.2) is 0 Å². The summed E-state index contributed by atoms with van der Waals surface area (Å²) in [7, 11) is -1.78. The van der Waals surface area contributed by atoms with Crippen molar-refractivity contribution < 1.29 is 9.53 Å². The van der Waals surface area contributed by atoms with Gasteiger partial charge in [0.1, 0.15) is 0 Å². The minimum atomic E-state index is -1.78. The maximum Gasteiger partial charge on any atom is 0.192 e. The van der Waals surface area contributed by atoms with Crippen molar-refractivity contribution in [2.24, 2.45) is 0 Å². The van der Waals surface area contributed by atoms with Crippen LogP contribution in [0.1, 0.15) is 53.9 Å². The van der Waals surface area contributed by atoms with Gasteiger partial charge in [0.05, 0.1) is 12.2 Å². The van der Waals surface area contributed by atoms with E-state index in [9.17, 15) is 5.11 Å². The Bertz CT molecular complexity index is 254. The molecule has 18 heavy (non-hydrogen) atoms. The lowest BCUT2D eigenvalue weighted by molar-refractivity contribution is 0.0691. The SMILES string of the molecule is CCCC/C=C/[C@@H](O)[C@H](C)O[Si](C)(C)C(C)(C)C. The molecule has 0 bridgehead atoms. The fourth-order valence-corrected chi connectivity index (χ4v) is 2.85. The van der Waals surface area contributed by atoms with Crippen LogP contribution in [0.5, 0.6) is 0 Å². The molecule has 0 unspecified atom stereocenters. The van der Waals surface area contributed by atoms with Gasteiger partial charge in [0.25, 0.3) is 0 Å². The van der Waals surface area contributed by atoms with Crippen molar-refractivity contribution >= 4 is 8.32 Å². The Balaban J connectivity index is 4.31. The van der Waals surface area contributed by atoms with Gasteiger partial charge in [0.2, 0.25) is 0 Å². The lowest BCUT2D eigenvalue weighted by Crippen LogP contribution is -2.45. The quantitative estimate of drug-likeness (QED) is 0.420. The molecule has 2 nitrogen and oxygen atoms in total. The highest BCUT2D eigenvalue weighted by Gasteiger charge is 2.39. The van der Waals surface area contributed by atoms with Gasteiger partial charge in [-0.2, -0.15) is 0 Å². The predicted octanol–water partition coefficient (Wildman–Crippen LogP) is 4.50. The van der Waals surface area contributed by atoms with Crippen molar-refractivity contribution in [1.82, 2.24) is 0 Å². The van der Waals surface area contributed by atoms with Gasteiger partial charge in [-0.15, -0.1) is 0 Å². The molecule has 0 aromatic carbocycles. The Hall–Kier alpha value is -0.123. The van der Waals surface area contributed by atoms with Gasteiger partial charge in [0.15, 0.2) is 8.32 Å². The highest BCUT2D eigenvalue weighted by Crippen LogP contribution is 2.37. The molecule has 3 heteroatoms. The molecular formula is C15H32O2Si. The third-order valence-corrected chi connectivity index (χ3v) is 8.40. The summed E-state index contributed by atoms with van der Waals surface area (Å²) in [5, 5.41) is 10.2. The molecule has 1 N–H and O–H groups in total. The summed E-state index contributed by atoms with van der Waals surface area (Å²) in [4.78, 5) is 0. The summed E-state index contributed by atoms with van der Waals surface area (Å²) in [6.07, 6.45) is 6.75. The van der Waals surface area contributed by atoms with Crippen LogP contribution in [-0.2, 0) is 4.43 Å². The molecule has 0 radical (unpaired) electrons. The summed E-state index contributed by atoms with van der Waals surface area (Å²) >= 11 is 0. The lowest BCUT2D eigenvalue weighted by atomic mass is 10.2. The number of aliphatic hydroxyl groups is 1. The fourth-order valence-electron chi connectivity index (χ4n) is 1.43. The third kappa shape index (κ3) is 6.16. The Morgan fingerprint density at radius 1 is 1.28 bits per heavy atom. The predicted molar refractivity (Wildman–Crippen MR) is 82.4 cm³/mol. The van der Waals surface area contributed by atoms with Crippen LogP contribution in [0.3, 0.4) is 0 Å². The van der Waals surface area contributed by atoms with Crippen LogP contribution < -0.4 is 0 Å². The molecule has 0 saturated carbocycles. The molecule has 0 aromatic heterocycles. The Kier molecular flexibility index (Phi) is 7.41. The van der Waals surface area contributed by atoms with Crippen molar-refractivity contribution in [2.75, 3.05) is 0 Å². The zero-order valence-corrected chi connectivity index (χ0v) is 14.3. The molecule has 108 valence electrons. The fraction of sp³-hybridized carbons (Fsp3) is 0.867. The molecule has 0 heterocycles. The maximum atomic E-state index is 10.1. The molecule has 0 fully saturated rings. The second-order valence-corrected chi connectivity index (χ2v) is 11.4. The van der Waals surface area contributed by atoms with E-state index in [0.717, 1.165) is 6.42 Å². The summed E-state index contributed by atoms with van der Waals surface area (Å²) in [6.45, 7) is 15.2. The monoisotopic (exact) mass is 272 g/mol. The van der Waals surface area contributed by atoms with Crippen LogP contribution in [0.4, 0.5) is 0 Å². The number of unbranched alkanes of at least 4 members (excludes halogenated alkanes) is 2. The van der Waals surface area contributed by atoms with E-state index in [4.69, 9.17) is 4.43 Å². The first kappa shape index (κ1) is 17.9. The molecule has 0 saturated heterocycles. The van der Waals surface area contributed by atoms with E-state index < -0.39 is 14.4 Å². The van der Waals surface area contributed by atoms with Crippen molar-refractivity contribution in [3.63, 3.8) is 0 Å². The first-order valence-corrected chi connectivity index (χ1v) is 10.0. The number of aliphatic hydroxyl groups excluding tert-OH is 1. The average Bonchev–Trinajstić information content (AvgIpc) is 2.21. The second kappa shape index (κ2) is 7.46. The van der Waals surface area contributed by atoms with E-state index in [2.05, 4.69) is 46.9 Å². The maximum absolute atomic E-state index is 10.1. The number of allylic oxidation sites excluding steroid dienone is 1. The van der Waals surface area contributed by atoms with Crippen molar-refractivity contribution in [3.8, 4) is 0 Å². The van der Waals surface area contributed by atoms with Crippen LogP contribution in [0.25, 0.3) is 0 Å². The highest BCUT2D eigenvalue weighted by atomic mass is 28.4. The van der Waals surface area contributed by atoms with Gasteiger partial charge in [-0.1, -0.05) is 52.7 Å². The van der Waals surface area contributed by atoms with E-state index in [-0.39, 0.29) is 11.1 Å². The van der Waals surface area contributed by atoms with E-state index in [1.807, 2.05) is 13.0 Å². The summed E-state index contributed by atoms with van der Waals surface area (Å²) in [6, 6.07) is 0. The van der Waals surface area contributed by atoms with Crippen LogP contribution in [0.2, 0.25) is 18.1 Å². The Labute approximate surface area is 115 Å². The molecule has 0 spiro atoms. The van der Waals surface area contributed by atoms with Gasteiger partial charge in [-0.05, 0) is 31.5 Å². The summed E-state index contributed by atoms with van der Waals surface area (Å²) in [5.41, 5.74) is 0. The molecule has 0 aromatic rings. The standard InChI is InChI=1S/C15H32O2Si/c1-8-9-10-11-12-14(16)13(2)17-18(6,7)15(3,4)5/h11-14,16H,8-10H2,1-7H3/b12-11+/t13-,14+/m0/s1. The third-order valence-electron chi connectivity index (χ3n) is 3.83. The van der Waals surface area contributed by atoms with Gasteiger partial charge < -0.3 is 9.53 Å². The topological polar surface area (TPSA) is 29.5 Å². The van der Waals surface area contributed by atoms with E-state index in [1.165, 1.54) is 12.8 Å². The van der Waals surface area contributed by atoms with Gasteiger partial charge in [0, 0.05) is 0 Å². The highest BCUT2D eigenvalue weighted by molar-refractivity contribution is 6.74. The molecule has 0 amide bonds. The Morgan fingerprint density at radius 3 is 2.28 bits per heavy atom. The second-order valence-electron chi connectivity index (χ2n) is 6.64. The molecule has 2 atom stereocenters. The number of rotatable bonds is 7. The zero-order valence-electron chi connectivity index (χ0n) is 13.3. The normalized spacial score (nSPS) is 17.1. The van der Waals surface area contributed by atoms with E-state index >= 15 is 0 Å².